The van der Waals surface area contributed by atoms with Crippen LogP contribution in [0.3, 0.4) is 0 Å². The Kier molecular flexibility index (Phi) is 6.58. The van der Waals surface area contributed by atoms with E-state index < -0.39 is 22.8 Å². The third-order valence-corrected chi connectivity index (χ3v) is 6.11. The molecule has 0 amide bonds. The molecular weight excluding hydrogens is 396 g/mol. The molecule has 3 rings (SSSR count). The molecule has 0 saturated carbocycles. The number of esters is 2. The van der Waals surface area contributed by atoms with Crippen molar-refractivity contribution in [2.75, 3.05) is 27.4 Å². The first-order chi connectivity index (χ1) is 14.9. The summed E-state index contributed by atoms with van der Waals surface area (Å²) in [6.45, 7) is 5.89. The quantitative estimate of drug-likeness (QED) is 0.491. The predicted molar refractivity (Wildman–Crippen MR) is 116 cm³/mol. The van der Waals surface area contributed by atoms with Gasteiger partial charge in [0.05, 0.1) is 27.4 Å². The zero-order valence-electron chi connectivity index (χ0n) is 18.8. The topological polar surface area (TPSA) is 71.1 Å². The van der Waals surface area contributed by atoms with Crippen molar-refractivity contribution >= 4 is 11.9 Å². The largest absolute Gasteiger partial charge is 0.493 e. The average Bonchev–Trinajstić information content (AvgIpc) is 2.78. The van der Waals surface area contributed by atoms with Gasteiger partial charge in [-0.25, -0.2) is 0 Å². The number of ether oxygens (including phenoxy) is 4. The molecule has 0 spiro atoms. The van der Waals surface area contributed by atoms with E-state index in [0.717, 1.165) is 16.7 Å². The maximum Gasteiger partial charge on any atom is 0.323 e. The standard InChI is InChI=1S/C25H30O6/c1-6-30-22(26)25(23(27)31-7-2)15-17-10-8-9-11-19(17)24(3,16-25)18-12-13-20(28-4)21(14-18)29-5/h8-14H,6-7,15-16H2,1-5H3/t24-/m1/s1. The van der Waals surface area contributed by atoms with Crippen LogP contribution in [0.4, 0.5) is 0 Å². The Balaban J connectivity index is 2.24. The van der Waals surface area contributed by atoms with Gasteiger partial charge in [0.1, 0.15) is 0 Å². The van der Waals surface area contributed by atoms with Gasteiger partial charge in [-0.15, -0.1) is 0 Å². The van der Waals surface area contributed by atoms with Gasteiger partial charge < -0.3 is 18.9 Å². The number of benzene rings is 2. The van der Waals surface area contributed by atoms with E-state index in [1.807, 2.05) is 49.4 Å². The molecule has 0 heterocycles. The lowest BCUT2D eigenvalue weighted by Gasteiger charge is -2.45. The zero-order valence-corrected chi connectivity index (χ0v) is 18.8. The first kappa shape index (κ1) is 22.7. The lowest BCUT2D eigenvalue weighted by atomic mass is 9.58. The van der Waals surface area contributed by atoms with Crippen molar-refractivity contribution in [3.63, 3.8) is 0 Å². The fraction of sp³-hybridized carbons (Fsp3) is 0.440. The lowest BCUT2D eigenvalue weighted by molar-refractivity contribution is -0.174. The van der Waals surface area contributed by atoms with Gasteiger partial charge in [0.15, 0.2) is 16.9 Å². The van der Waals surface area contributed by atoms with Crippen LogP contribution in [0.2, 0.25) is 0 Å². The van der Waals surface area contributed by atoms with Crippen LogP contribution in [0.15, 0.2) is 42.5 Å². The van der Waals surface area contributed by atoms with Crippen molar-refractivity contribution in [3.8, 4) is 11.5 Å². The molecule has 0 N–H and O–H groups in total. The number of hydrogen-bond donors (Lipinski definition) is 0. The smallest absolute Gasteiger partial charge is 0.323 e. The summed E-state index contributed by atoms with van der Waals surface area (Å²) in [5, 5.41) is 0. The fourth-order valence-corrected chi connectivity index (χ4v) is 4.65. The zero-order chi connectivity index (χ0) is 22.6. The van der Waals surface area contributed by atoms with Gasteiger partial charge in [-0.1, -0.05) is 37.3 Å². The lowest BCUT2D eigenvalue weighted by Crippen LogP contribution is -2.51. The fourth-order valence-electron chi connectivity index (χ4n) is 4.65. The number of rotatable bonds is 7. The van der Waals surface area contributed by atoms with Crippen LogP contribution in [0.5, 0.6) is 11.5 Å². The molecule has 1 aliphatic rings. The van der Waals surface area contributed by atoms with Gasteiger partial charge in [0, 0.05) is 5.41 Å². The second kappa shape index (κ2) is 9.00. The molecule has 6 heteroatoms. The van der Waals surface area contributed by atoms with Gasteiger partial charge in [-0.05, 0) is 55.5 Å². The first-order valence-electron chi connectivity index (χ1n) is 10.5. The molecule has 6 nitrogen and oxygen atoms in total. The van der Waals surface area contributed by atoms with Crippen molar-refractivity contribution in [2.45, 2.75) is 39.0 Å². The molecule has 0 bridgehead atoms. The Morgan fingerprint density at radius 1 is 0.903 bits per heavy atom. The molecule has 0 aromatic heterocycles. The summed E-state index contributed by atoms with van der Waals surface area (Å²) in [6.07, 6.45) is 0.466. The Labute approximate surface area is 183 Å². The van der Waals surface area contributed by atoms with Crippen molar-refractivity contribution in [1.29, 1.82) is 0 Å². The molecule has 1 aliphatic carbocycles. The van der Waals surface area contributed by atoms with E-state index in [1.54, 1.807) is 28.1 Å². The van der Waals surface area contributed by atoms with Crippen molar-refractivity contribution in [1.82, 2.24) is 0 Å². The summed E-state index contributed by atoms with van der Waals surface area (Å²) in [7, 11) is 3.17. The van der Waals surface area contributed by atoms with E-state index in [1.165, 1.54) is 0 Å². The summed E-state index contributed by atoms with van der Waals surface area (Å²) in [5.74, 6) is 0.104. The molecule has 166 valence electrons. The van der Waals surface area contributed by atoms with Crippen LogP contribution in [0, 0.1) is 5.41 Å². The Bertz CT molecular complexity index is 948. The second-order valence-electron chi connectivity index (χ2n) is 7.94. The average molecular weight is 427 g/mol. The van der Waals surface area contributed by atoms with E-state index in [-0.39, 0.29) is 26.1 Å². The molecular formula is C25H30O6. The van der Waals surface area contributed by atoms with E-state index in [2.05, 4.69) is 0 Å². The third-order valence-electron chi connectivity index (χ3n) is 6.11. The molecule has 31 heavy (non-hydrogen) atoms. The molecule has 0 fully saturated rings. The number of hydrogen-bond acceptors (Lipinski definition) is 6. The third kappa shape index (κ3) is 3.87. The van der Waals surface area contributed by atoms with Crippen LogP contribution in [0.25, 0.3) is 0 Å². The summed E-state index contributed by atoms with van der Waals surface area (Å²) >= 11 is 0. The van der Waals surface area contributed by atoms with Crippen molar-refractivity contribution in [3.05, 3.63) is 59.2 Å². The monoisotopic (exact) mass is 426 g/mol. The van der Waals surface area contributed by atoms with Gasteiger partial charge in [-0.2, -0.15) is 0 Å². The van der Waals surface area contributed by atoms with Crippen LogP contribution >= 0.6 is 0 Å². The molecule has 0 radical (unpaired) electrons. The molecule has 0 unspecified atom stereocenters. The second-order valence-corrected chi connectivity index (χ2v) is 7.94. The van der Waals surface area contributed by atoms with Crippen LogP contribution in [-0.2, 0) is 30.9 Å². The minimum Gasteiger partial charge on any atom is -0.493 e. The summed E-state index contributed by atoms with van der Waals surface area (Å²) in [5.41, 5.74) is 0.810. The van der Waals surface area contributed by atoms with E-state index >= 15 is 0 Å². The predicted octanol–water partition coefficient (Wildman–Crippen LogP) is 4.07. The minimum atomic E-state index is -1.43. The minimum absolute atomic E-state index is 0.189. The van der Waals surface area contributed by atoms with Crippen molar-refractivity contribution in [2.24, 2.45) is 5.41 Å². The van der Waals surface area contributed by atoms with Gasteiger partial charge in [0.2, 0.25) is 0 Å². The molecule has 2 aromatic carbocycles. The Morgan fingerprint density at radius 3 is 2.10 bits per heavy atom. The van der Waals surface area contributed by atoms with Gasteiger partial charge >= 0.3 is 11.9 Å². The van der Waals surface area contributed by atoms with Gasteiger partial charge in [-0.3, -0.25) is 9.59 Å². The van der Waals surface area contributed by atoms with Crippen LogP contribution < -0.4 is 9.47 Å². The van der Waals surface area contributed by atoms with Gasteiger partial charge in [0.25, 0.3) is 0 Å². The van der Waals surface area contributed by atoms with Crippen LogP contribution in [-0.4, -0.2) is 39.4 Å². The Hall–Kier alpha value is -3.02. The summed E-state index contributed by atoms with van der Waals surface area (Å²) < 4.78 is 21.7. The Morgan fingerprint density at radius 2 is 1.52 bits per heavy atom. The summed E-state index contributed by atoms with van der Waals surface area (Å²) in [4.78, 5) is 26.4. The van der Waals surface area contributed by atoms with E-state index in [4.69, 9.17) is 18.9 Å². The number of fused-ring (bicyclic) bond motifs is 1. The molecule has 2 aromatic rings. The maximum atomic E-state index is 13.2. The molecule has 0 saturated heterocycles. The highest BCUT2D eigenvalue weighted by atomic mass is 16.6. The van der Waals surface area contributed by atoms with Crippen LogP contribution in [0.1, 0.15) is 43.9 Å². The summed E-state index contributed by atoms with van der Waals surface area (Å²) in [6, 6.07) is 13.6. The highest BCUT2D eigenvalue weighted by Gasteiger charge is 2.57. The molecule has 0 aliphatic heterocycles. The number of carbonyl (C=O) groups excluding carboxylic acids is 2. The van der Waals surface area contributed by atoms with E-state index in [9.17, 15) is 9.59 Å². The number of carbonyl (C=O) groups is 2. The van der Waals surface area contributed by atoms with Crippen molar-refractivity contribution < 1.29 is 28.5 Å². The highest BCUT2D eigenvalue weighted by Crippen LogP contribution is 2.51. The SMILES string of the molecule is CCOC(=O)C1(C(=O)OCC)Cc2ccccc2[C@@](C)(c2ccc(OC)c(OC)c2)C1. The number of methoxy groups -OCH3 is 2. The maximum absolute atomic E-state index is 13.2. The first-order valence-corrected chi connectivity index (χ1v) is 10.5. The normalized spacial score (nSPS) is 19.1. The highest BCUT2D eigenvalue weighted by molar-refractivity contribution is 6.01. The van der Waals surface area contributed by atoms with E-state index in [0.29, 0.717) is 11.5 Å². The molecule has 1 atom stereocenters.